The van der Waals surface area contributed by atoms with E-state index in [2.05, 4.69) is 5.16 Å². The molecule has 0 fully saturated rings. The molecule has 1 aliphatic rings. The van der Waals surface area contributed by atoms with Crippen LogP contribution in [0.5, 0.6) is 0 Å². The first-order valence-corrected chi connectivity index (χ1v) is 8.33. The minimum atomic E-state index is -3.56. The summed E-state index contributed by atoms with van der Waals surface area (Å²) in [4.78, 5) is 16.5. The highest BCUT2D eigenvalue weighted by molar-refractivity contribution is 7.91. The highest BCUT2D eigenvalue weighted by Crippen LogP contribution is 2.29. The number of nitrogens with zero attached hydrogens (tertiary/aromatic N) is 2. The SMILES string of the molecule is CCS(=O)(=O)CC1(C(=O)O)CC(c2cccc(C#N)c2)=NO1. The van der Waals surface area contributed by atoms with Crippen molar-refractivity contribution >= 4 is 21.5 Å². The van der Waals surface area contributed by atoms with Crippen molar-refractivity contribution in [1.82, 2.24) is 0 Å². The molecule has 1 N–H and O–H groups in total. The van der Waals surface area contributed by atoms with Crippen LogP contribution in [-0.2, 0) is 19.5 Å². The molecule has 1 aromatic carbocycles. The molecule has 0 aromatic heterocycles. The van der Waals surface area contributed by atoms with Crippen molar-refractivity contribution in [1.29, 1.82) is 5.26 Å². The number of oxime groups is 1. The third kappa shape index (κ3) is 3.09. The van der Waals surface area contributed by atoms with Crippen LogP contribution in [0.1, 0.15) is 24.5 Å². The zero-order chi connectivity index (χ0) is 16.4. The molecule has 0 bridgehead atoms. The predicted molar refractivity (Wildman–Crippen MR) is 78.1 cm³/mol. The number of carboxylic acid groups (broad SMARTS) is 1. The Labute approximate surface area is 127 Å². The molecule has 7 nitrogen and oxygen atoms in total. The van der Waals surface area contributed by atoms with E-state index in [1.165, 1.54) is 6.92 Å². The molecule has 1 unspecified atom stereocenters. The van der Waals surface area contributed by atoms with Crippen molar-refractivity contribution in [3.63, 3.8) is 0 Å². The minimum Gasteiger partial charge on any atom is -0.478 e. The van der Waals surface area contributed by atoms with E-state index in [0.29, 0.717) is 16.8 Å². The van der Waals surface area contributed by atoms with Gasteiger partial charge in [0, 0.05) is 17.7 Å². The number of aliphatic carboxylic acids is 1. The zero-order valence-corrected chi connectivity index (χ0v) is 12.6. The molecule has 0 amide bonds. The van der Waals surface area contributed by atoms with Gasteiger partial charge in [-0.1, -0.05) is 24.2 Å². The van der Waals surface area contributed by atoms with Crippen molar-refractivity contribution in [2.24, 2.45) is 5.16 Å². The van der Waals surface area contributed by atoms with Crippen LogP contribution in [0, 0.1) is 11.3 Å². The molecule has 8 heteroatoms. The summed E-state index contributed by atoms with van der Waals surface area (Å²) in [6.07, 6.45) is -0.170. The molecule has 0 aliphatic carbocycles. The largest absolute Gasteiger partial charge is 0.478 e. The number of rotatable bonds is 5. The summed E-state index contributed by atoms with van der Waals surface area (Å²) in [6, 6.07) is 8.43. The summed E-state index contributed by atoms with van der Waals surface area (Å²) in [6.45, 7) is 1.44. The fourth-order valence-electron chi connectivity index (χ4n) is 2.11. The molecule has 0 saturated carbocycles. The summed E-state index contributed by atoms with van der Waals surface area (Å²) in [5.74, 6) is -2.19. The second-order valence-electron chi connectivity index (χ2n) is 4.97. The summed E-state index contributed by atoms with van der Waals surface area (Å²) in [5.41, 5.74) is -0.664. The van der Waals surface area contributed by atoms with Crippen LogP contribution in [-0.4, -0.2) is 42.3 Å². The standard InChI is InChI=1S/C14H14N2O5S/c1-2-22(19,20)9-14(13(17)18)7-12(16-21-14)11-5-3-4-10(6-11)8-15/h3-6H,2,7,9H2,1H3,(H,17,18). The van der Waals surface area contributed by atoms with Crippen LogP contribution >= 0.6 is 0 Å². The maximum absolute atomic E-state index is 11.8. The van der Waals surface area contributed by atoms with Gasteiger partial charge in [-0.05, 0) is 12.1 Å². The van der Waals surface area contributed by atoms with E-state index in [-0.39, 0.29) is 12.2 Å². The van der Waals surface area contributed by atoms with E-state index >= 15 is 0 Å². The molecule has 0 radical (unpaired) electrons. The number of hydrogen-bond donors (Lipinski definition) is 1. The topological polar surface area (TPSA) is 117 Å². The Hall–Kier alpha value is -2.40. The second-order valence-corrected chi connectivity index (χ2v) is 7.33. The maximum Gasteiger partial charge on any atom is 0.352 e. The lowest BCUT2D eigenvalue weighted by Gasteiger charge is -2.20. The van der Waals surface area contributed by atoms with E-state index in [1.807, 2.05) is 6.07 Å². The van der Waals surface area contributed by atoms with E-state index in [1.54, 1.807) is 24.3 Å². The smallest absolute Gasteiger partial charge is 0.352 e. The third-order valence-electron chi connectivity index (χ3n) is 3.39. The first kappa shape index (κ1) is 16.0. The van der Waals surface area contributed by atoms with Crippen LogP contribution in [0.25, 0.3) is 0 Å². The molecule has 22 heavy (non-hydrogen) atoms. The normalized spacial score (nSPS) is 20.8. The fourth-order valence-corrected chi connectivity index (χ4v) is 3.30. The van der Waals surface area contributed by atoms with Crippen LogP contribution in [0.4, 0.5) is 0 Å². The van der Waals surface area contributed by atoms with Crippen LogP contribution in [0.3, 0.4) is 0 Å². The van der Waals surface area contributed by atoms with Crippen molar-refractivity contribution in [2.45, 2.75) is 18.9 Å². The monoisotopic (exact) mass is 322 g/mol. The molecule has 1 heterocycles. The molecule has 1 aliphatic heterocycles. The fraction of sp³-hybridized carbons (Fsp3) is 0.357. The summed E-state index contributed by atoms with van der Waals surface area (Å²) >= 11 is 0. The number of benzene rings is 1. The van der Waals surface area contributed by atoms with Gasteiger partial charge in [-0.2, -0.15) is 5.26 Å². The summed E-state index contributed by atoms with van der Waals surface area (Å²) < 4.78 is 23.5. The molecule has 116 valence electrons. The Bertz CT molecular complexity index is 779. The Kier molecular flexibility index (Phi) is 4.19. The molecule has 0 saturated heterocycles. The van der Waals surface area contributed by atoms with Crippen LogP contribution in [0.15, 0.2) is 29.4 Å². The molecule has 0 spiro atoms. The van der Waals surface area contributed by atoms with Crippen LogP contribution in [0.2, 0.25) is 0 Å². The Balaban J connectivity index is 2.31. The molecular formula is C14H14N2O5S. The average molecular weight is 322 g/mol. The first-order chi connectivity index (χ1) is 10.3. The van der Waals surface area contributed by atoms with E-state index < -0.39 is 27.2 Å². The van der Waals surface area contributed by atoms with Crippen molar-refractivity contribution in [3.05, 3.63) is 35.4 Å². The second kappa shape index (κ2) is 5.77. The zero-order valence-electron chi connectivity index (χ0n) is 11.8. The first-order valence-electron chi connectivity index (χ1n) is 6.51. The third-order valence-corrected chi connectivity index (χ3v) is 5.18. The number of carboxylic acids is 1. The lowest BCUT2D eigenvalue weighted by Crippen LogP contribution is -2.45. The van der Waals surface area contributed by atoms with Crippen LogP contribution < -0.4 is 0 Å². The molecule has 1 aromatic rings. The van der Waals surface area contributed by atoms with Gasteiger partial charge >= 0.3 is 5.97 Å². The van der Waals surface area contributed by atoms with Gasteiger partial charge in [-0.25, -0.2) is 13.2 Å². The van der Waals surface area contributed by atoms with Gasteiger partial charge in [0.1, 0.15) is 5.75 Å². The van der Waals surface area contributed by atoms with Gasteiger partial charge in [-0.3, -0.25) is 0 Å². The minimum absolute atomic E-state index is 0.170. The van der Waals surface area contributed by atoms with Gasteiger partial charge in [-0.15, -0.1) is 0 Å². The maximum atomic E-state index is 11.8. The quantitative estimate of drug-likeness (QED) is 0.862. The summed E-state index contributed by atoms with van der Waals surface area (Å²) in [7, 11) is -3.56. The van der Waals surface area contributed by atoms with Crippen molar-refractivity contribution < 1.29 is 23.2 Å². The van der Waals surface area contributed by atoms with E-state index in [0.717, 1.165) is 0 Å². The van der Waals surface area contributed by atoms with Crippen molar-refractivity contribution in [2.75, 3.05) is 11.5 Å². The number of sulfone groups is 1. The Morgan fingerprint density at radius 2 is 2.27 bits per heavy atom. The number of carbonyl (C=O) groups is 1. The number of nitriles is 1. The van der Waals surface area contributed by atoms with Gasteiger partial charge in [0.15, 0.2) is 9.84 Å². The average Bonchev–Trinajstić information content (AvgIpc) is 2.92. The predicted octanol–water partition coefficient (Wildman–Crippen LogP) is 0.941. The molecule has 1 atom stereocenters. The van der Waals surface area contributed by atoms with E-state index in [9.17, 15) is 18.3 Å². The Morgan fingerprint density at radius 1 is 1.55 bits per heavy atom. The van der Waals surface area contributed by atoms with Gasteiger partial charge in [0.05, 0.1) is 17.3 Å². The van der Waals surface area contributed by atoms with Gasteiger partial charge < -0.3 is 9.94 Å². The molecule has 2 rings (SSSR count). The number of hydrogen-bond acceptors (Lipinski definition) is 6. The highest BCUT2D eigenvalue weighted by Gasteiger charge is 2.50. The van der Waals surface area contributed by atoms with Crippen molar-refractivity contribution in [3.8, 4) is 6.07 Å². The Morgan fingerprint density at radius 3 is 2.86 bits per heavy atom. The van der Waals surface area contributed by atoms with E-state index in [4.69, 9.17) is 10.1 Å². The summed E-state index contributed by atoms with van der Waals surface area (Å²) in [5, 5.41) is 22.0. The molecular weight excluding hydrogens is 308 g/mol. The lowest BCUT2D eigenvalue weighted by molar-refractivity contribution is -0.159. The highest BCUT2D eigenvalue weighted by atomic mass is 32.2. The lowest BCUT2D eigenvalue weighted by atomic mass is 9.95. The van der Waals surface area contributed by atoms with Gasteiger partial charge in [0.25, 0.3) is 5.60 Å². The van der Waals surface area contributed by atoms with Gasteiger partial charge in [0.2, 0.25) is 0 Å².